The number of carbonyl (C=O) groups excluding carboxylic acids is 1. The Morgan fingerprint density at radius 2 is 1.78 bits per heavy atom. The van der Waals surface area contributed by atoms with E-state index in [0.29, 0.717) is 11.7 Å². The van der Waals surface area contributed by atoms with Crippen LogP contribution in [0.4, 0.5) is 5.13 Å². The van der Waals surface area contributed by atoms with Gasteiger partial charge in [-0.05, 0) is 38.1 Å². The van der Waals surface area contributed by atoms with Crippen molar-refractivity contribution in [2.45, 2.75) is 18.7 Å². The quantitative estimate of drug-likeness (QED) is 0.633. The molecule has 8 heteroatoms. The molecule has 0 fully saturated rings. The molecule has 27 heavy (non-hydrogen) atoms. The van der Waals surface area contributed by atoms with Gasteiger partial charge in [-0.2, -0.15) is 4.31 Å². The van der Waals surface area contributed by atoms with Gasteiger partial charge in [0, 0.05) is 13.6 Å². The van der Waals surface area contributed by atoms with Gasteiger partial charge in [0.05, 0.1) is 21.7 Å². The predicted octanol–water partition coefficient (Wildman–Crippen LogP) is 3.28. The molecular formula is C19H21N3O3S2. The third-order valence-corrected chi connectivity index (χ3v) is 7.09. The van der Waals surface area contributed by atoms with E-state index in [4.69, 9.17) is 0 Å². The number of hydrogen-bond acceptors (Lipinski definition) is 5. The Morgan fingerprint density at radius 3 is 2.41 bits per heavy atom. The lowest BCUT2D eigenvalue weighted by Gasteiger charge is -2.22. The maximum atomic E-state index is 12.8. The van der Waals surface area contributed by atoms with Crippen LogP contribution in [-0.4, -0.2) is 43.8 Å². The van der Waals surface area contributed by atoms with Gasteiger partial charge in [0.15, 0.2) is 5.13 Å². The molecule has 0 atom stereocenters. The highest BCUT2D eigenvalue weighted by Gasteiger charge is 2.26. The molecule has 0 bridgehead atoms. The Kier molecular flexibility index (Phi) is 5.59. The molecule has 6 nitrogen and oxygen atoms in total. The molecular weight excluding hydrogens is 382 g/mol. The number of likely N-dealkylation sites (N-methyl/N-ethyl adjacent to an activating group) is 2. The average Bonchev–Trinajstić information content (AvgIpc) is 3.06. The summed E-state index contributed by atoms with van der Waals surface area (Å²) in [5, 5.41) is 0.574. The normalized spacial score (nSPS) is 11.9. The fourth-order valence-electron chi connectivity index (χ4n) is 2.64. The first-order valence-electron chi connectivity index (χ1n) is 8.52. The molecule has 0 spiro atoms. The molecule has 0 aliphatic heterocycles. The fourth-order valence-corrected chi connectivity index (χ4v) is 4.81. The van der Waals surface area contributed by atoms with Crippen molar-refractivity contribution in [1.29, 1.82) is 0 Å². The van der Waals surface area contributed by atoms with E-state index < -0.39 is 10.0 Å². The van der Waals surface area contributed by atoms with Crippen molar-refractivity contribution in [1.82, 2.24) is 9.29 Å². The van der Waals surface area contributed by atoms with Crippen molar-refractivity contribution in [3.63, 3.8) is 0 Å². The molecule has 2 aromatic carbocycles. The van der Waals surface area contributed by atoms with Gasteiger partial charge in [0.25, 0.3) is 0 Å². The Bertz CT molecular complexity index is 1030. The Labute approximate surface area is 163 Å². The van der Waals surface area contributed by atoms with E-state index >= 15 is 0 Å². The van der Waals surface area contributed by atoms with Gasteiger partial charge >= 0.3 is 0 Å². The number of carbonyl (C=O) groups is 1. The lowest BCUT2D eigenvalue weighted by molar-refractivity contribution is -0.118. The number of para-hydroxylation sites is 1. The Balaban J connectivity index is 1.80. The molecule has 0 unspecified atom stereocenters. The Morgan fingerprint density at radius 1 is 1.11 bits per heavy atom. The third-order valence-electron chi connectivity index (χ3n) is 4.22. The zero-order valence-corrected chi connectivity index (χ0v) is 17.0. The molecule has 0 saturated heterocycles. The summed E-state index contributed by atoms with van der Waals surface area (Å²) in [6, 6.07) is 14.2. The fraction of sp³-hybridized carbons (Fsp3) is 0.263. The van der Waals surface area contributed by atoms with Gasteiger partial charge in [-0.3, -0.25) is 9.69 Å². The van der Waals surface area contributed by atoms with E-state index in [-0.39, 0.29) is 17.3 Å². The average molecular weight is 404 g/mol. The van der Waals surface area contributed by atoms with E-state index in [0.717, 1.165) is 20.1 Å². The maximum absolute atomic E-state index is 12.8. The minimum absolute atomic E-state index is 0.173. The number of aromatic nitrogens is 1. The lowest BCUT2D eigenvalue weighted by Crippen LogP contribution is -2.41. The second-order valence-electron chi connectivity index (χ2n) is 6.18. The minimum Gasteiger partial charge on any atom is -0.287 e. The number of thiazole rings is 1. The van der Waals surface area contributed by atoms with Gasteiger partial charge in [-0.1, -0.05) is 41.2 Å². The van der Waals surface area contributed by atoms with Gasteiger partial charge in [-0.25, -0.2) is 13.4 Å². The number of fused-ring (bicyclic) bond motifs is 1. The molecule has 0 saturated carbocycles. The second-order valence-corrected chi connectivity index (χ2v) is 9.23. The van der Waals surface area contributed by atoms with Crippen LogP contribution in [-0.2, 0) is 14.8 Å². The van der Waals surface area contributed by atoms with Crippen LogP contribution in [0.5, 0.6) is 0 Å². The summed E-state index contributed by atoms with van der Waals surface area (Å²) in [4.78, 5) is 19.0. The molecule has 0 N–H and O–H groups in total. The number of anilines is 1. The van der Waals surface area contributed by atoms with Crippen molar-refractivity contribution < 1.29 is 13.2 Å². The van der Waals surface area contributed by atoms with Crippen molar-refractivity contribution in [2.75, 3.05) is 25.0 Å². The molecule has 1 amide bonds. The zero-order chi connectivity index (χ0) is 19.6. The van der Waals surface area contributed by atoms with E-state index in [1.54, 1.807) is 24.3 Å². The summed E-state index contributed by atoms with van der Waals surface area (Å²) in [6.07, 6.45) is 0. The highest BCUT2D eigenvalue weighted by atomic mass is 32.2. The monoisotopic (exact) mass is 403 g/mol. The first kappa shape index (κ1) is 19.5. The van der Waals surface area contributed by atoms with E-state index in [1.807, 2.05) is 38.1 Å². The lowest BCUT2D eigenvalue weighted by atomic mass is 10.2. The van der Waals surface area contributed by atoms with Gasteiger partial charge in [-0.15, -0.1) is 0 Å². The van der Waals surface area contributed by atoms with Crippen LogP contribution in [0.2, 0.25) is 0 Å². The van der Waals surface area contributed by atoms with E-state index in [1.165, 1.54) is 23.3 Å². The number of aryl methyl sites for hydroxylation is 1. The van der Waals surface area contributed by atoms with Crippen LogP contribution in [0.1, 0.15) is 12.5 Å². The standard InChI is InChI=1S/C19H21N3O3S2/c1-4-22(19-20-16-7-5-6-8-17(16)26-19)18(23)13-21(3)27(24,25)15-11-9-14(2)10-12-15/h5-12H,4,13H2,1-3H3. The summed E-state index contributed by atoms with van der Waals surface area (Å²) in [5.74, 6) is -0.310. The van der Waals surface area contributed by atoms with Crippen molar-refractivity contribution in [3.8, 4) is 0 Å². The molecule has 0 radical (unpaired) electrons. The summed E-state index contributed by atoms with van der Waals surface area (Å²) < 4.78 is 27.5. The largest absolute Gasteiger partial charge is 0.287 e. The minimum atomic E-state index is -3.73. The van der Waals surface area contributed by atoms with Crippen molar-refractivity contribution >= 4 is 42.6 Å². The zero-order valence-electron chi connectivity index (χ0n) is 15.4. The number of nitrogens with zero attached hydrogens (tertiary/aromatic N) is 3. The van der Waals surface area contributed by atoms with Gasteiger partial charge in [0.2, 0.25) is 15.9 Å². The SMILES string of the molecule is CCN(C(=O)CN(C)S(=O)(=O)c1ccc(C)cc1)c1nc2ccccc2s1. The van der Waals surface area contributed by atoms with Crippen LogP contribution >= 0.6 is 11.3 Å². The first-order chi connectivity index (χ1) is 12.8. The molecule has 3 rings (SSSR count). The van der Waals surface area contributed by atoms with Crippen LogP contribution in [0.3, 0.4) is 0 Å². The van der Waals surface area contributed by atoms with Gasteiger partial charge < -0.3 is 0 Å². The third kappa shape index (κ3) is 4.02. The first-order valence-corrected chi connectivity index (χ1v) is 10.8. The summed E-state index contributed by atoms with van der Waals surface area (Å²) in [7, 11) is -2.31. The summed E-state index contributed by atoms with van der Waals surface area (Å²) in [5.41, 5.74) is 1.80. The van der Waals surface area contributed by atoms with Crippen molar-refractivity contribution in [3.05, 3.63) is 54.1 Å². The van der Waals surface area contributed by atoms with Gasteiger partial charge in [0.1, 0.15) is 0 Å². The highest BCUT2D eigenvalue weighted by Crippen LogP contribution is 2.28. The van der Waals surface area contributed by atoms with Crippen LogP contribution < -0.4 is 4.90 Å². The molecule has 3 aromatic rings. The number of amides is 1. The summed E-state index contributed by atoms with van der Waals surface area (Å²) >= 11 is 1.42. The Hall–Kier alpha value is -2.29. The molecule has 142 valence electrons. The molecule has 1 aromatic heterocycles. The second kappa shape index (κ2) is 7.75. The number of hydrogen-bond donors (Lipinski definition) is 0. The van der Waals surface area contributed by atoms with Crippen molar-refractivity contribution in [2.24, 2.45) is 0 Å². The predicted molar refractivity (Wildman–Crippen MR) is 109 cm³/mol. The van der Waals surface area contributed by atoms with Crippen LogP contribution in [0.25, 0.3) is 10.2 Å². The maximum Gasteiger partial charge on any atom is 0.244 e. The highest BCUT2D eigenvalue weighted by molar-refractivity contribution is 7.89. The van der Waals surface area contributed by atoms with E-state index in [9.17, 15) is 13.2 Å². The topological polar surface area (TPSA) is 70.6 Å². The smallest absolute Gasteiger partial charge is 0.244 e. The molecule has 1 heterocycles. The number of benzene rings is 2. The molecule has 0 aliphatic rings. The summed E-state index contributed by atoms with van der Waals surface area (Å²) in [6.45, 7) is 3.90. The molecule has 0 aliphatic carbocycles. The van der Waals surface area contributed by atoms with Crippen LogP contribution in [0, 0.1) is 6.92 Å². The number of rotatable bonds is 6. The van der Waals surface area contributed by atoms with E-state index in [2.05, 4.69) is 4.98 Å². The number of sulfonamides is 1. The van der Waals surface area contributed by atoms with Crippen LogP contribution in [0.15, 0.2) is 53.4 Å².